The van der Waals surface area contributed by atoms with Gasteiger partial charge < -0.3 is 5.11 Å². The molecule has 5 nitrogen and oxygen atoms in total. The zero-order chi connectivity index (χ0) is 16.8. The first-order chi connectivity index (χ1) is 12.2. The van der Waals surface area contributed by atoms with E-state index in [1.165, 1.54) is 0 Å². The van der Waals surface area contributed by atoms with Crippen molar-refractivity contribution >= 4 is 40.2 Å². The summed E-state index contributed by atoms with van der Waals surface area (Å²) in [6, 6.07) is 0. The van der Waals surface area contributed by atoms with Gasteiger partial charge in [0.05, 0.1) is 39.9 Å². The number of rotatable bonds is 0. The van der Waals surface area contributed by atoms with E-state index in [4.69, 9.17) is 0 Å². The summed E-state index contributed by atoms with van der Waals surface area (Å²) in [6.07, 6.45) is 20.6. The van der Waals surface area contributed by atoms with Gasteiger partial charge in [0, 0.05) is 6.08 Å². The lowest BCUT2D eigenvalue weighted by atomic mass is 10.2. The van der Waals surface area contributed by atoms with E-state index in [1.807, 2.05) is 54.7 Å². The smallest absolute Gasteiger partial charge is 0.187 e. The number of allylic oxidation sites excluding steroid dienone is 11. The largest absolute Gasteiger partial charge is 0.506 e. The van der Waals surface area contributed by atoms with E-state index >= 15 is 0 Å². The van der Waals surface area contributed by atoms with Crippen LogP contribution in [0, 0.1) is 0 Å². The highest BCUT2D eigenvalue weighted by molar-refractivity contribution is 6.14. The van der Waals surface area contributed by atoms with Crippen molar-refractivity contribution in [2.75, 3.05) is 0 Å². The zero-order valence-electron chi connectivity index (χ0n) is 13.1. The Bertz CT molecular complexity index is 1080. The van der Waals surface area contributed by atoms with Crippen LogP contribution in [0.3, 0.4) is 0 Å². The summed E-state index contributed by atoms with van der Waals surface area (Å²) in [5, 5.41) is 10.1. The molecule has 6 heteroatoms. The van der Waals surface area contributed by atoms with E-state index < -0.39 is 0 Å². The van der Waals surface area contributed by atoms with Crippen LogP contribution in [0.25, 0.3) is 0 Å². The minimum absolute atomic E-state index is 0. The molecule has 5 rings (SSSR count). The summed E-state index contributed by atoms with van der Waals surface area (Å²) >= 11 is 0. The van der Waals surface area contributed by atoms with Crippen LogP contribution in [0.5, 0.6) is 0 Å². The molecule has 0 saturated carbocycles. The van der Waals surface area contributed by atoms with Gasteiger partial charge in [-0.25, -0.2) is 20.0 Å². The van der Waals surface area contributed by atoms with Crippen molar-refractivity contribution in [1.82, 2.24) is 0 Å². The highest BCUT2D eigenvalue weighted by Crippen LogP contribution is 2.22. The maximum absolute atomic E-state index is 10.1. The molecule has 0 fully saturated rings. The van der Waals surface area contributed by atoms with Crippen LogP contribution in [-0.2, 0) is 0 Å². The lowest BCUT2D eigenvalue weighted by Gasteiger charge is -1.95. The number of aliphatic hydroxyl groups excluding tert-OH is 1. The van der Waals surface area contributed by atoms with Crippen molar-refractivity contribution in [2.24, 2.45) is 20.0 Å². The summed E-state index contributed by atoms with van der Waals surface area (Å²) in [7, 11) is 0. The fourth-order valence-electron chi connectivity index (χ4n) is 2.88. The van der Waals surface area contributed by atoms with Crippen molar-refractivity contribution in [2.45, 2.75) is 0 Å². The van der Waals surface area contributed by atoms with Crippen LogP contribution < -0.4 is 0 Å². The normalized spacial score (nSPS) is 21.8. The summed E-state index contributed by atoms with van der Waals surface area (Å²) < 4.78 is 0. The second-order valence-corrected chi connectivity index (χ2v) is 5.91. The minimum atomic E-state index is 0. The predicted octanol–water partition coefficient (Wildman–Crippen LogP) is 2.28. The lowest BCUT2D eigenvalue weighted by molar-refractivity contribution is 0.426. The first-order valence-electron chi connectivity index (χ1n) is 7.88. The molecule has 5 heterocycles. The summed E-state index contributed by atoms with van der Waals surface area (Å²) in [5.41, 5.74) is 6.03. The summed E-state index contributed by atoms with van der Waals surface area (Å²) in [6.45, 7) is 0. The topological polar surface area (TPSA) is 69.7 Å². The maximum atomic E-state index is 10.1. The SMILES string of the molecule is OC1=CC2=NC1=CC1=NC(=CC3=NC(=CC4=NC(=C2)C=C4)C=C3)C=C1.[AlH3]. The van der Waals surface area contributed by atoms with Crippen LogP contribution in [-0.4, -0.2) is 45.3 Å². The molecule has 0 atom stereocenters. The molecule has 0 aliphatic carbocycles. The number of aliphatic imine (C=N–C) groups is 4. The van der Waals surface area contributed by atoms with E-state index in [0.29, 0.717) is 11.4 Å². The van der Waals surface area contributed by atoms with Crippen LogP contribution in [0.4, 0.5) is 0 Å². The Morgan fingerprint density at radius 3 is 1.50 bits per heavy atom. The quantitative estimate of drug-likeness (QED) is 0.666. The number of hydrogen-bond donors (Lipinski definition) is 1. The highest BCUT2D eigenvalue weighted by atomic mass is 27.0. The maximum Gasteiger partial charge on any atom is 0.187 e. The van der Waals surface area contributed by atoms with E-state index in [-0.39, 0.29) is 23.1 Å². The number of fused-ring (bicyclic) bond motifs is 4. The van der Waals surface area contributed by atoms with E-state index in [2.05, 4.69) is 20.0 Å². The Morgan fingerprint density at radius 1 is 0.500 bits per heavy atom. The van der Waals surface area contributed by atoms with Gasteiger partial charge in [0.2, 0.25) is 0 Å². The molecule has 1 N–H and O–H groups in total. The van der Waals surface area contributed by atoms with Gasteiger partial charge in [-0.2, -0.15) is 0 Å². The standard InChI is InChI=1S/C20H12N4O.Al.3H/c25-20-11-18-9-16-4-3-14(22-16)7-12-1-2-13(21-12)8-15-5-6-17(23-15)10-19(20)24-18;;;;/h1-11,25H;;;;. The monoisotopic (exact) mass is 354 g/mol. The van der Waals surface area contributed by atoms with Crippen LogP contribution in [0.2, 0.25) is 0 Å². The summed E-state index contributed by atoms with van der Waals surface area (Å²) in [4.78, 5) is 18.1. The second-order valence-electron chi connectivity index (χ2n) is 5.91. The Balaban J connectivity index is 0.00000168. The second kappa shape index (κ2) is 6.34. The molecular weight excluding hydrogens is 339 g/mol. The van der Waals surface area contributed by atoms with Gasteiger partial charge in [0.15, 0.2) is 17.4 Å². The van der Waals surface area contributed by atoms with E-state index in [9.17, 15) is 5.11 Å². The van der Waals surface area contributed by atoms with Gasteiger partial charge in [0.1, 0.15) is 11.5 Å². The molecule has 8 bridgehead atoms. The first kappa shape index (κ1) is 16.4. The molecule has 124 valence electrons. The van der Waals surface area contributed by atoms with Crippen LogP contribution in [0.1, 0.15) is 0 Å². The molecule has 0 aromatic carbocycles. The molecule has 0 aromatic rings. The van der Waals surface area contributed by atoms with Gasteiger partial charge in [-0.3, -0.25) is 0 Å². The fourth-order valence-corrected chi connectivity index (χ4v) is 2.88. The van der Waals surface area contributed by atoms with Crippen LogP contribution >= 0.6 is 0 Å². The average molecular weight is 354 g/mol. The van der Waals surface area contributed by atoms with Crippen molar-refractivity contribution in [3.05, 3.63) is 95.4 Å². The average Bonchev–Trinajstić information content (AvgIpc) is 3.33. The Morgan fingerprint density at radius 2 is 0.962 bits per heavy atom. The Labute approximate surface area is 160 Å². The predicted molar refractivity (Wildman–Crippen MR) is 110 cm³/mol. The van der Waals surface area contributed by atoms with Gasteiger partial charge in [0.25, 0.3) is 0 Å². The molecule has 5 aliphatic rings. The van der Waals surface area contributed by atoms with Crippen molar-refractivity contribution in [1.29, 1.82) is 0 Å². The molecule has 0 aromatic heterocycles. The van der Waals surface area contributed by atoms with Crippen molar-refractivity contribution in [3.63, 3.8) is 0 Å². The number of nitrogens with zero attached hydrogens (tertiary/aromatic N) is 4. The molecular formula is C20H15AlN4O. The van der Waals surface area contributed by atoms with Gasteiger partial charge in [-0.1, -0.05) is 0 Å². The Hall–Kier alpha value is -3.07. The molecule has 5 aliphatic heterocycles. The number of hydrogen-bond acceptors (Lipinski definition) is 5. The molecule has 0 radical (unpaired) electrons. The van der Waals surface area contributed by atoms with Gasteiger partial charge in [-0.05, 0) is 60.8 Å². The van der Waals surface area contributed by atoms with Gasteiger partial charge >= 0.3 is 0 Å². The zero-order valence-corrected chi connectivity index (χ0v) is 13.1. The Kier molecular flexibility index (Phi) is 4.00. The van der Waals surface area contributed by atoms with Crippen molar-refractivity contribution < 1.29 is 5.11 Å². The minimum Gasteiger partial charge on any atom is -0.506 e. The molecule has 0 spiro atoms. The molecule has 0 saturated heterocycles. The summed E-state index contributed by atoms with van der Waals surface area (Å²) in [5.74, 6) is 0.129. The highest BCUT2D eigenvalue weighted by Gasteiger charge is 2.15. The molecule has 26 heavy (non-hydrogen) atoms. The van der Waals surface area contributed by atoms with Gasteiger partial charge in [-0.15, -0.1) is 0 Å². The third-order valence-electron chi connectivity index (χ3n) is 4.02. The molecule has 0 unspecified atom stereocenters. The molecule has 0 amide bonds. The third kappa shape index (κ3) is 3.08. The fraction of sp³-hybridized carbons (Fsp3) is 0. The lowest BCUT2D eigenvalue weighted by Crippen LogP contribution is -1.89. The third-order valence-corrected chi connectivity index (χ3v) is 4.02. The van der Waals surface area contributed by atoms with Crippen LogP contribution in [0.15, 0.2) is 115 Å². The van der Waals surface area contributed by atoms with E-state index in [1.54, 1.807) is 12.2 Å². The first-order valence-corrected chi connectivity index (χ1v) is 7.88. The number of aliphatic hydroxyl groups is 1. The van der Waals surface area contributed by atoms with Crippen molar-refractivity contribution in [3.8, 4) is 0 Å². The van der Waals surface area contributed by atoms with E-state index in [0.717, 1.165) is 34.2 Å².